The molecule has 1 aliphatic rings. The molecule has 1 aliphatic heterocycles. The summed E-state index contributed by atoms with van der Waals surface area (Å²) in [6, 6.07) is 19.8. The molecule has 0 saturated heterocycles. The molecule has 2 N–H and O–H groups in total. The summed E-state index contributed by atoms with van der Waals surface area (Å²) in [4.78, 5) is 12.9. The van der Waals surface area contributed by atoms with E-state index in [2.05, 4.69) is 19.9 Å². The van der Waals surface area contributed by atoms with Crippen molar-refractivity contribution < 1.29 is 28.5 Å². The third kappa shape index (κ3) is 7.12. The summed E-state index contributed by atoms with van der Waals surface area (Å²) in [5, 5.41) is 9.98. The molecule has 0 aliphatic carbocycles. The normalized spacial score (nSPS) is 14.0. The van der Waals surface area contributed by atoms with Crippen molar-refractivity contribution in [3.05, 3.63) is 88.8 Å². The van der Waals surface area contributed by atoms with Crippen LogP contribution in [0.25, 0.3) is 0 Å². The molecule has 4 rings (SSSR count). The number of ether oxygens (including phenoxy) is 5. The first-order valence-corrected chi connectivity index (χ1v) is 14.0. The van der Waals surface area contributed by atoms with E-state index < -0.39 is 11.9 Å². The van der Waals surface area contributed by atoms with Crippen LogP contribution in [0.3, 0.4) is 0 Å². The average molecular weight is 557 g/mol. The largest absolute Gasteiger partial charge is 0.494 e. The molecule has 1 unspecified atom stereocenters. The zero-order valence-corrected chi connectivity index (χ0v) is 23.8. The Kier molecular flexibility index (Phi) is 10.1. The fourth-order valence-corrected chi connectivity index (χ4v) is 4.47. The summed E-state index contributed by atoms with van der Waals surface area (Å²) in [6.45, 7) is 7.73. The van der Waals surface area contributed by atoms with E-state index in [0.717, 1.165) is 31.2 Å². The number of carbonyl (C=O) groups excluding carboxylic acids is 1. The molecular formula is C33H36N2O6. The highest BCUT2D eigenvalue weighted by atomic mass is 16.5. The second-order valence-electron chi connectivity index (χ2n) is 9.59. The smallest absolute Gasteiger partial charge is 0.343 e. The summed E-state index contributed by atoms with van der Waals surface area (Å²) in [7, 11) is 0. The summed E-state index contributed by atoms with van der Waals surface area (Å²) in [5.74, 6) is 1.49. The molecule has 0 aromatic heterocycles. The number of hydrogen-bond donors (Lipinski definition) is 1. The monoisotopic (exact) mass is 556 g/mol. The van der Waals surface area contributed by atoms with Crippen molar-refractivity contribution in [2.45, 2.75) is 52.4 Å². The Morgan fingerprint density at radius 2 is 1.68 bits per heavy atom. The van der Waals surface area contributed by atoms with Gasteiger partial charge in [0, 0.05) is 11.6 Å². The van der Waals surface area contributed by atoms with E-state index in [1.165, 1.54) is 0 Å². The van der Waals surface area contributed by atoms with Gasteiger partial charge < -0.3 is 29.4 Å². The van der Waals surface area contributed by atoms with Gasteiger partial charge in [0.25, 0.3) is 0 Å². The zero-order valence-electron chi connectivity index (χ0n) is 23.8. The number of nitrogens with zero attached hydrogens (tertiary/aromatic N) is 1. The Labute approximate surface area is 241 Å². The van der Waals surface area contributed by atoms with Gasteiger partial charge in [-0.3, -0.25) is 0 Å². The van der Waals surface area contributed by atoms with Crippen LogP contribution in [0, 0.1) is 11.3 Å². The van der Waals surface area contributed by atoms with Gasteiger partial charge in [0.15, 0.2) is 11.5 Å². The maximum atomic E-state index is 12.9. The number of rotatable bonds is 13. The number of allylic oxidation sites excluding steroid dienone is 1. The Morgan fingerprint density at radius 1 is 0.902 bits per heavy atom. The van der Waals surface area contributed by atoms with E-state index in [-0.39, 0.29) is 17.2 Å². The number of nitrogens with two attached hydrogens (primary N) is 1. The molecule has 0 fully saturated rings. The predicted octanol–water partition coefficient (Wildman–Crippen LogP) is 6.88. The SMILES string of the molecule is CCCCOc1cccc(C(=O)Oc2ccc3c(c2)OC(N)=C(C#N)C3c2ccc(OCCCC)c(OCC)c2)c1. The van der Waals surface area contributed by atoms with Gasteiger partial charge in [-0.15, -0.1) is 0 Å². The second-order valence-corrected chi connectivity index (χ2v) is 9.59. The van der Waals surface area contributed by atoms with E-state index in [9.17, 15) is 10.1 Å². The predicted molar refractivity (Wildman–Crippen MR) is 156 cm³/mol. The molecule has 0 saturated carbocycles. The number of carbonyl (C=O) groups is 1. The van der Waals surface area contributed by atoms with E-state index >= 15 is 0 Å². The van der Waals surface area contributed by atoms with E-state index in [1.807, 2.05) is 31.2 Å². The first-order chi connectivity index (χ1) is 20.0. The number of fused-ring (bicyclic) bond motifs is 1. The summed E-state index contributed by atoms with van der Waals surface area (Å²) in [5.41, 5.74) is 8.36. The Balaban J connectivity index is 1.60. The first-order valence-electron chi connectivity index (χ1n) is 14.0. The molecule has 1 atom stereocenters. The molecule has 3 aromatic rings. The lowest BCUT2D eigenvalue weighted by Crippen LogP contribution is -2.21. The van der Waals surface area contributed by atoms with Gasteiger partial charge in [0.05, 0.1) is 31.3 Å². The Morgan fingerprint density at radius 3 is 2.41 bits per heavy atom. The number of hydrogen-bond acceptors (Lipinski definition) is 8. The van der Waals surface area contributed by atoms with Crippen molar-refractivity contribution in [3.63, 3.8) is 0 Å². The van der Waals surface area contributed by atoms with Gasteiger partial charge in [-0.25, -0.2) is 4.79 Å². The molecule has 41 heavy (non-hydrogen) atoms. The lowest BCUT2D eigenvalue weighted by atomic mass is 9.83. The summed E-state index contributed by atoms with van der Waals surface area (Å²) in [6.07, 6.45) is 3.90. The minimum absolute atomic E-state index is 0.00774. The Bertz CT molecular complexity index is 1440. The van der Waals surface area contributed by atoms with Crippen LogP contribution in [0.2, 0.25) is 0 Å². The fraction of sp³-hybridized carbons (Fsp3) is 0.333. The molecule has 1 heterocycles. The fourth-order valence-electron chi connectivity index (χ4n) is 4.47. The maximum Gasteiger partial charge on any atom is 0.343 e. The highest BCUT2D eigenvalue weighted by Gasteiger charge is 2.32. The third-order valence-corrected chi connectivity index (χ3v) is 6.59. The van der Waals surface area contributed by atoms with Crippen LogP contribution >= 0.6 is 0 Å². The highest BCUT2D eigenvalue weighted by molar-refractivity contribution is 5.91. The van der Waals surface area contributed by atoms with Gasteiger partial charge >= 0.3 is 5.97 Å². The topological polar surface area (TPSA) is 113 Å². The van der Waals surface area contributed by atoms with E-state index in [1.54, 1.807) is 36.4 Å². The Hall–Kier alpha value is -4.64. The molecule has 214 valence electrons. The molecule has 0 amide bonds. The van der Waals surface area contributed by atoms with Gasteiger partial charge in [0.2, 0.25) is 5.88 Å². The van der Waals surface area contributed by atoms with Crippen LogP contribution in [0.4, 0.5) is 0 Å². The van der Waals surface area contributed by atoms with Crippen molar-refractivity contribution in [1.82, 2.24) is 0 Å². The molecule has 0 spiro atoms. The third-order valence-electron chi connectivity index (χ3n) is 6.59. The van der Waals surface area contributed by atoms with Gasteiger partial charge in [-0.2, -0.15) is 5.26 Å². The molecule has 8 nitrogen and oxygen atoms in total. The second kappa shape index (κ2) is 14.1. The summed E-state index contributed by atoms with van der Waals surface area (Å²) >= 11 is 0. The van der Waals surface area contributed by atoms with Crippen LogP contribution < -0.4 is 29.4 Å². The van der Waals surface area contributed by atoms with E-state index in [4.69, 9.17) is 29.4 Å². The number of esters is 1. The number of benzene rings is 3. The van der Waals surface area contributed by atoms with Gasteiger partial charge in [0.1, 0.15) is 28.9 Å². The number of nitriles is 1. The molecule has 3 aromatic carbocycles. The minimum Gasteiger partial charge on any atom is -0.494 e. The van der Waals surface area contributed by atoms with Crippen molar-refractivity contribution in [2.24, 2.45) is 5.73 Å². The summed E-state index contributed by atoms with van der Waals surface area (Å²) < 4.78 is 29.0. The standard InChI is InChI=1S/C33H36N2O6/c1-4-7-16-38-24-11-9-10-23(18-24)33(36)40-25-13-14-26-29(20-25)41-32(35)27(21-34)31(26)22-12-15-28(39-17-8-5-2)30(19-22)37-6-3/h9-15,18-20,31H,4-8,16-17,35H2,1-3H3. The zero-order chi connectivity index (χ0) is 29.2. The molecule has 0 bridgehead atoms. The maximum absolute atomic E-state index is 12.9. The quantitative estimate of drug-likeness (QED) is 0.138. The first kappa shape index (κ1) is 29.3. The van der Waals surface area contributed by atoms with Crippen molar-refractivity contribution in [2.75, 3.05) is 19.8 Å². The molecular weight excluding hydrogens is 520 g/mol. The van der Waals surface area contributed by atoms with Gasteiger partial charge in [-0.1, -0.05) is 44.9 Å². The van der Waals surface area contributed by atoms with Crippen LogP contribution in [0.1, 0.15) is 73.9 Å². The molecule has 8 heteroatoms. The van der Waals surface area contributed by atoms with Crippen LogP contribution in [0.5, 0.6) is 28.7 Å². The van der Waals surface area contributed by atoms with Crippen molar-refractivity contribution >= 4 is 5.97 Å². The lowest BCUT2D eigenvalue weighted by Gasteiger charge is -2.27. The van der Waals surface area contributed by atoms with Crippen molar-refractivity contribution in [3.8, 4) is 34.8 Å². The minimum atomic E-state index is -0.528. The van der Waals surface area contributed by atoms with Gasteiger partial charge in [-0.05, 0) is 61.7 Å². The number of unbranched alkanes of at least 4 members (excludes halogenated alkanes) is 2. The highest BCUT2D eigenvalue weighted by Crippen LogP contribution is 2.45. The average Bonchev–Trinajstić information content (AvgIpc) is 2.97. The van der Waals surface area contributed by atoms with Crippen molar-refractivity contribution in [1.29, 1.82) is 5.26 Å². The van der Waals surface area contributed by atoms with Crippen LogP contribution in [0.15, 0.2) is 72.1 Å². The van der Waals surface area contributed by atoms with Crippen LogP contribution in [-0.2, 0) is 0 Å². The lowest BCUT2D eigenvalue weighted by molar-refractivity contribution is 0.0734. The molecule has 0 radical (unpaired) electrons. The van der Waals surface area contributed by atoms with E-state index in [0.29, 0.717) is 53.9 Å². The van der Waals surface area contributed by atoms with Crippen LogP contribution in [-0.4, -0.2) is 25.8 Å².